The molecule has 39 heavy (non-hydrogen) atoms. The van der Waals surface area contributed by atoms with Crippen molar-refractivity contribution in [1.29, 1.82) is 0 Å². The molecule has 0 unspecified atom stereocenters. The van der Waals surface area contributed by atoms with E-state index >= 15 is 0 Å². The third-order valence-corrected chi connectivity index (χ3v) is 7.91. The number of hydrogen-bond donors (Lipinski definition) is 2. The highest BCUT2D eigenvalue weighted by Crippen LogP contribution is 2.29. The number of rotatable bonds is 12. The maximum absolute atomic E-state index is 13.6. The minimum absolute atomic E-state index is 0.0168. The summed E-state index contributed by atoms with van der Waals surface area (Å²) in [6.07, 6.45) is 0.325. The van der Waals surface area contributed by atoms with Gasteiger partial charge in [-0.15, -0.1) is 0 Å². The van der Waals surface area contributed by atoms with E-state index in [1.54, 1.807) is 42.5 Å². The van der Waals surface area contributed by atoms with Crippen molar-refractivity contribution >= 4 is 21.6 Å². The Balaban J connectivity index is 1.56. The molecular formula is C28H28F2N2O6S. The van der Waals surface area contributed by atoms with Crippen LogP contribution in [0.25, 0.3) is 0 Å². The van der Waals surface area contributed by atoms with Crippen LogP contribution in [0.4, 0.5) is 8.78 Å². The van der Waals surface area contributed by atoms with Gasteiger partial charge in [-0.3, -0.25) is 4.79 Å². The molecule has 1 aliphatic heterocycles. The van der Waals surface area contributed by atoms with E-state index in [1.807, 2.05) is 0 Å². The van der Waals surface area contributed by atoms with Gasteiger partial charge in [-0.25, -0.2) is 22.2 Å². The fraction of sp³-hybridized carbons (Fsp3) is 0.286. The molecule has 3 aromatic carbocycles. The van der Waals surface area contributed by atoms with Crippen molar-refractivity contribution in [2.45, 2.75) is 29.8 Å². The fourth-order valence-corrected chi connectivity index (χ4v) is 5.36. The van der Waals surface area contributed by atoms with E-state index in [4.69, 9.17) is 14.6 Å². The second-order valence-electron chi connectivity index (χ2n) is 9.00. The standard InChI is InChI=1S/C28H28F2N2O6S/c29-24-12-7-20(17-25(24)30)18-31-27(34)28(13-16-39(35,36)23-5-2-1-3-6-23)19-38-26(32-28)21-8-10-22(11-9-21)37-15-4-14-33/h1-3,5-12,17,33H,4,13-16,18-19H2,(H,31,34)/t28-/m1/s1. The summed E-state index contributed by atoms with van der Waals surface area (Å²) < 4.78 is 64.2. The Hall–Kier alpha value is -3.83. The molecule has 0 radical (unpaired) electrons. The van der Waals surface area contributed by atoms with Gasteiger partial charge in [0.1, 0.15) is 12.4 Å². The van der Waals surface area contributed by atoms with Crippen LogP contribution in [-0.4, -0.2) is 56.4 Å². The lowest BCUT2D eigenvalue weighted by molar-refractivity contribution is -0.127. The summed E-state index contributed by atoms with van der Waals surface area (Å²) in [6.45, 7) is 0.0480. The molecule has 0 saturated carbocycles. The first kappa shape index (κ1) is 28.2. The third kappa shape index (κ3) is 6.98. The molecule has 0 spiro atoms. The fourth-order valence-electron chi connectivity index (χ4n) is 3.95. The average Bonchev–Trinajstić information content (AvgIpc) is 3.39. The van der Waals surface area contributed by atoms with Gasteiger partial charge in [-0.1, -0.05) is 24.3 Å². The second kappa shape index (κ2) is 12.4. The van der Waals surface area contributed by atoms with Crippen molar-refractivity contribution in [2.24, 2.45) is 4.99 Å². The zero-order valence-corrected chi connectivity index (χ0v) is 21.8. The number of carbonyl (C=O) groups excluding carboxylic acids is 1. The zero-order valence-electron chi connectivity index (χ0n) is 21.0. The lowest BCUT2D eigenvalue weighted by atomic mass is 9.97. The van der Waals surface area contributed by atoms with E-state index in [0.717, 1.165) is 12.1 Å². The molecule has 3 aromatic rings. The number of ether oxygens (including phenoxy) is 2. The average molecular weight is 559 g/mol. The molecule has 1 aliphatic rings. The molecule has 1 amide bonds. The highest BCUT2D eigenvalue weighted by molar-refractivity contribution is 7.91. The van der Waals surface area contributed by atoms with Gasteiger partial charge in [0, 0.05) is 25.1 Å². The minimum Gasteiger partial charge on any atom is -0.494 e. The summed E-state index contributed by atoms with van der Waals surface area (Å²) >= 11 is 0. The van der Waals surface area contributed by atoms with Gasteiger partial charge in [0.2, 0.25) is 5.90 Å². The van der Waals surface area contributed by atoms with Crippen molar-refractivity contribution in [3.05, 3.63) is 95.6 Å². The molecule has 4 rings (SSSR count). The first-order valence-electron chi connectivity index (χ1n) is 12.3. The number of carbonyl (C=O) groups is 1. The number of hydrogen-bond acceptors (Lipinski definition) is 7. The lowest BCUT2D eigenvalue weighted by Gasteiger charge is -2.23. The van der Waals surface area contributed by atoms with Crippen molar-refractivity contribution in [1.82, 2.24) is 5.32 Å². The number of nitrogens with zero attached hydrogens (tertiary/aromatic N) is 1. The van der Waals surface area contributed by atoms with E-state index < -0.39 is 32.9 Å². The van der Waals surface area contributed by atoms with Gasteiger partial charge in [0.15, 0.2) is 27.0 Å². The predicted octanol–water partition coefficient (Wildman–Crippen LogP) is 3.42. The Labute approximate surface area is 225 Å². The van der Waals surface area contributed by atoms with E-state index in [1.165, 1.54) is 18.2 Å². The lowest BCUT2D eigenvalue weighted by Crippen LogP contribution is -2.47. The maximum Gasteiger partial charge on any atom is 0.251 e. The van der Waals surface area contributed by atoms with Crippen molar-refractivity contribution < 1.29 is 36.6 Å². The molecule has 2 N–H and O–H groups in total. The van der Waals surface area contributed by atoms with Crippen LogP contribution in [0.5, 0.6) is 5.75 Å². The van der Waals surface area contributed by atoms with Gasteiger partial charge in [-0.05, 0) is 60.5 Å². The normalized spacial score (nSPS) is 16.8. The number of aliphatic hydroxyl groups excluding tert-OH is 1. The topological polar surface area (TPSA) is 114 Å². The predicted molar refractivity (Wildman–Crippen MR) is 140 cm³/mol. The molecule has 0 bridgehead atoms. The van der Waals surface area contributed by atoms with E-state index in [9.17, 15) is 22.0 Å². The number of halogens is 2. The smallest absolute Gasteiger partial charge is 0.251 e. The summed E-state index contributed by atoms with van der Waals surface area (Å²) in [4.78, 5) is 18.1. The summed E-state index contributed by atoms with van der Waals surface area (Å²) in [5.74, 6) is -2.27. The van der Waals surface area contributed by atoms with Crippen molar-refractivity contribution in [2.75, 3.05) is 25.6 Å². The van der Waals surface area contributed by atoms with Gasteiger partial charge in [0.05, 0.1) is 17.3 Å². The van der Waals surface area contributed by atoms with Crippen molar-refractivity contribution in [3.63, 3.8) is 0 Å². The number of amides is 1. The number of nitrogens with one attached hydrogen (secondary N) is 1. The molecule has 1 heterocycles. The number of aliphatic hydroxyl groups is 1. The largest absolute Gasteiger partial charge is 0.494 e. The van der Waals surface area contributed by atoms with Crippen LogP contribution in [-0.2, 0) is 25.9 Å². The third-order valence-electron chi connectivity index (χ3n) is 6.18. The van der Waals surface area contributed by atoms with E-state index in [2.05, 4.69) is 10.3 Å². The Bertz CT molecular complexity index is 1430. The number of aliphatic imine (C=N–C) groups is 1. The van der Waals surface area contributed by atoms with Gasteiger partial charge in [-0.2, -0.15) is 0 Å². The van der Waals surface area contributed by atoms with Crippen LogP contribution in [0.1, 0.15) is 24.0 Å². The van der Waals surface area contributed by atoms with Crippen LogP contribution >= 0.6 is 0 Å². The van der Waals surface area contributed by atoms with Crippen LogP contribution in [0.3, 0.4) is 0 Å². The first-order valence-corrected chi connectivity index (χ1v) is 13.9. The minimum atomic E-state index is -3.73. The molecule has 0 aliphatic carbocycles. The molecular weight excluding hydrogens is 530 g/mol. The molecule has 0 fully saturated rings. The van der Waals surface area contributed by atoms with Crippen LogP contribution in [0, 0.1) is 11.6 Å². The quantitative estimate of drug-likeness (QED) is 0.330. The maximum atomic E-state index is 13.6. The van der Waals surface area contributed by atoms with E-state index in [-0.39, 0.29) is 42.7 Å². The van der Waals surface area contributed by atoms with Crippen molar-refractivity contribution in [3.8, 4) is 5.75 Å². The van der Waals surface area contributed by atoms with Gasteiger partial charge < -0.3 is 19.9 Å². The number of sulfone groups is 1. The highest BCUT2D eigenvalue weighted by atomic mass is 32.2. The van der Waals surface area contributed by atoms with Gasteiger partial charge >= 0.3 is 0 Å². The summed E-state index contributed by atoms with van der Waals surface area (Å²) in [7, 11) is -3.73. The zero-order chi connectivity index (χ0) is 27.9. The van der Waals surface area contributed by atoms with Gasteiger partial charge in [0.25, 0.3) is 5.91 Å². The SMILES string of the molecule is O=C(NCc1ccc(F)c(F)c1)[C@@]1(CCS(=O)(=O)c2ccccc2)COC(c2ccc(OCCCO)cc2)=N1. The molecule has 0 aromatic heterocycles. The molecule has 11 heteroatoms. The Morgan fingerprint density at radius 3 is 2.49 bits per heavy atom. The second-order valence-corrected chi connectivity index (χ2v) is 11.1. The first-order chi connectivity index (χ1) is 18.7. The summed E-state index contributed by atoms with van der Waals surface area (Å²) in [5.41, 5.74) is -0.675. The van der Waals surface area contributed by atoms with Crippen LogP contribution in [0.15, 0.2) is 82.7 Å². The molecule has 206 valence electrons. The van der Waals surface area contributed by atoms with Crippen LogP contribution < -0.4 is 10.1 Å². The highest BCUT2D eigenvalue weighted by Gasteiger charge is 2.45. The summed E-state index contributed by atoms with van der Waals surface area (Å²) in [6, 6.07) is 18.0. The van der Waals surface area contributed by atoms with E-state index in [0.29, 0.717) is 29.9 Å². The molecule has 8 nitrogen and oxygen atoms in total. The Kier molecular flexibility index (Phi) is 8.93. The number of benzene rings is 3. The molecule has 0 saturated heterocycles. The Morgan fingerprint density at radius 1 is 1.05 bits per heavy atom. The Morgan fingerprint density at radius 2 is 1.79 bits per heavy atom. The van der Waals surface area contributed by atoms with Crippen LogP contribution in [0.2, 0.25) is 0 Å². The monoisotopic (exact) mass is 558 g/mol. The summed E-state index contributed by atoms with van der Waals surface area (Å²) in [5, 5.41) is 11.6. The molecule has 1 atom stereocenters.